The quantitative estimate of drug-likeness (QED) is 0.296. The number of nitrogens with one attached hydrogen (secondary N) is 1. The highest BCUT2D eigenvalue weighted by molar-refractivity contribution is 5.94. The summed E-state index contributed by atoms with van der Waals surface area (Å²) in [5, 5.41) is 2.55. The van der Waals surface area contributed by atoms with Crippen LogP contribution in [0.4, 0.5) is 27.8 Å². The van der Waals surface area contributed by atoms with Crippen LogP contribution in [0.15, 0.2) is 60.7 Å². The number of hydrogen-bond donors (Lipinski definition) is 2. The summed E-state index contributed by atoms with van der Waals surface area (Å²) in [5.74, 6) is -2.17. The average molecular weight is 537 g/mol. The van der Waals surface area contributed by atoms with E-state index >= 15 is 0 Å². The number of halogens is 5. The second kappa shape index (κ2) is 8.88. The molecule has 1 amide bonds. The van der Waals surface area contributed by atoms with E-state index in [0.29, 0.717) is 5.56 Å². The van der Waals surface area contributed by atoms with E-state index < -0.39 is 35.4 Å². The number of anilines is 1. The van der Waals surface area contributed by atoms with Gasteiger partial charge < -0.3 is 15.8 Å². The van der Waals surface area contributed by atoms with Gasteiger partial charge in [0, 0.05) is 35.0 Å². The molecule has 5 nitrogen and oxygen atoms in total. The summed E-state index contributed by atoms with van der Waals surface area (Å²) in [4.78, 5) is 16.9. The Morgan fingerprint density at radius 1 is 0.949 bits per heavy atom. The number of pyridine rings is 1. The highest BCUT2D eigenvalue weighted by Crippen LogP contribution is 2.55. The van der Waals surface area contributed by atoms with Gasteiger partial charge in [-0.2, -0.15) is 13.2 Å². The lowest BCUT2D eigenvalue weighted by molar-refractivity contribution is -0.138. The van der Waals surface area contributed by atoms with Crippen molar-refractivity contribution in [2.45, 2.75) is 31.9 Å². The third kappa shape index (κ3) is 4.21. The molecule has 4 aromatic rings. The SMILES string of the molecule is Cc1nc(N)cc(C(F)(F)F)c1CNC(=O)c1ccc2c(c1)C1OC2c2ccc(-c3ccc(F)cc3F)cc21. The van der Waals surface area contributed by atoms with E-state index in [-0.39, 0.29) is 40.9 Å². The van der Waals surface area contributed by atoms with Crippen LogP contribution < -0.4 is 11.1 Å². The second-order valence-electron chi connectivity index (χ2n) is 9.55. The second-order valence-corrected chi connectivity index (χ2v) is 9.55. The number of alkyl halides is 3. The van der Waals surface area contributed by atoms with Gasteiger partial charge in [0.05, 0.1) is 5.56 Å². The average Bonchev–Trinajstić information content (AvgIpc) is 3.44. The van der Waals surface area contributed by atoms with Gasteiger partial charge in [-0.1, -0.05) is 18.2 Å². The Balaban J connectivity index is 1.27. The predicted molar refractivity (Wildman–Crippen MR) is 133 cm³/mol. The third-order valence-electron chi connectivity index (χ3n) is 7.16. The molecule has 0 saturated heterocycles. The molecule has 39 heavy (non-hydrogen) atoms. The zero-order chi connectivity index (χ0) is 27.6. The Morgan fingerprint density at radius 3 is 2.36 bits per heavy atom. The van der Waals surface area contributed by atoms with Gasteiger partial charge in [0.15, 0.2) is 0 Å². The van der Waals surface area contributed by atoms with Crippen LogP contribution in [0, 0.1) is 18.6 Å². The highest BCUT2D eigenvalue weighted by Gasteiger charge is 2.43. The molecule has 6 rings (SSSR count). The standard InChI is InChI=1S/C29H20F5N3O2/c1-13-22(23(29(32,33)34)11-25(35)37-13)12-36-28(38)15-3-6-19-21(9-15)27-20-8-14(2-5-18(20)26(19)39-27)17-7-4-16(30)10-24(17)31/h2-11,26-27H,12H2,1H3,(H2,35,37)(H,36,38). The Bertz CT molecular complexity index is 1670. The van der Waals surface area contributed by atoms with Gasteiger partial charge in [-0.25, -0.2) is 13.8 Å². The maximum Gasteiger partial charge on any atom is 0.416 e. The molecule has 1 aromatic heterocycles. The van der Waals surface area contributed by atoms with Gasteiger partial charge >= 0.3 is 6.18 Å². The van der Waals surface area contributed by atoms with Crippen molar-refractivity contribution in [3.05, 3.63) is 117 Å². The van der Waals surface area contributed by atoms with Crippen molar-refractivity contribution in [1.82, 2.24) is 10.3 Å². The molecule has 198 valence electrons. The van der Waals surface area contributed by atoms with Crippen LogP contribution in [-0.2, 0) is 17.5 Å². The Hall–Kier alpha value is -4.31. The number of carbonyl (C=O) groups excluding carboxylic acids is 1. The molecule has 2 aliphatic heterocycles. The number of nitrogens with two attached hydrogens (primary N) is 1. The number of hydrogen-bond acceptors (Lipinski definition) is 4. The zero-order valence-corrected chi connectivity index (χ0v) is 20.4. The van der Waals surface area contributed by atoms with Gasteiger partial charge in [0.25, 0.3) is 5.91 Å². The fraction of sp³-hybridized carbons (Fsp3) is 0.172. The van der Waals surface area contributed by atoms with Crippen molar-refractivity contribution in [2.24, 2.45) is 0 Å². The maximum atomic E-state index is 14.4. The van der Waals surface area contributed by atoms with Crippen LogP contribution in [-0.4, -0.2) is 10.9 Å². The van der Waals surface area contributed by atoms with Crippen LogP contribution in [0.1, 0.15) is 61.6 Å². The number of nitrogens with zero attached hydrogens (tertiary/aromatic N) is 1. The zero-order valence-electron chi connectivity index (χ0n) is 20.4. The van der Waals surface area contributed by atoms with E-state index in [0.717, 1.165) is 34.4 Å². The molecule has 0 fully saturated rings. The molecule has 0 radical (unpaired) electrons. The fourth-order valence-electron chi connectivity index (χ4n) is 5.35. The summed E-state index contributed by atoms with van der Waals surface area (Å²) in [7, 11) is 0. The number of amides is 1. The number of fused-ring (bicyclic) bond motifs is 8. The summed E-state index contributed by atoms with van der Waals surface area (Å²) in [6.45, 7) is 1.02. The van der Waals surface area contributed by atoms with Crippen molar-refractivity contribution in [3.8, 4) is 11.1 Å². The largest absolute Gasteiger partial charge is 0.416 e. The maximum absolute atomic E-state index is 14.4. The van der Waals surface area contributed by atoms with E-state index in [1.165, 1.54) is 19.1 Å². The molecule has 0 spiro atoms. The number of rotatable bonds is 4. The first-order chi connectivity index (χ1) is 18.5. The molecule has 3 N–H and O–H groups in total. The molecular weight excluding hydrogens is 517 g/mol. The van der Waals surface area contributed by atoms with Crippen LogP contribution in [0.3, 0.4) is 0 Å². The Morgan fingerprint density at radius 2 is 1.64 bits per heavy atom. The van der Waals surface area contributed by atoms with E-state index in [1.54, 1.807) is 30.3 Å². The first-order valence-corrected chi connectivity index (χ1v) is 12.0. The first-order valence-electron chi connectivity index (χ1n) is 12.0. The van der Waals surface area contributed by atoms with Crippen molar-refractivity contribution < 1.29 is 31.5 Å². The Labute approximate surface area is 219 Å². The summed E-state index contributed by atoms with van der Waals surface area (Å²) in [6.07, 6.45) is -5.52. The van der Waals surface area contributed by atoms with Crippen molar-refractivity contribution in [1.29, 1.82) is 0 Å². The summed E-state index contributed by atoms with van der Waals surface area (Å²) in [6, 6.07) is 14.6. The molecule has 3 heterocycles. The summed E-state index contributed by atoms with van der Waals surface area (Å²) >= 11 is 0. The van der Waals surface area contributed by atoms with E-state index in [4.69, 9.17) is 10.5 Å². The number of aryl methyl sites for hydroxylation is 1. The van der Waals surface area contributed by atoms with Crippen LogP contribution in [0.5, 0.6) is 0 Å². The van der Waals surface area contributed by atoms with Crippen molar-refractivity contribution in [3.63, 3.8) is 0 Å². The number of ether oxygens (including phenoxy) is 1. The lowest BCUT2D eigenvalue weighted by Crippen LogP contribution is -2.26. The fourth-order valence-corrected chi connectivity index (χ4v) is 5.35. The molecule has 0 aliphatic carbocycles. The van der Waals surface area contributed by atoms with Gasteiger partial charge in [0.2, 0.25) is 0 Å². The van der Waals surface area contributed by atoms with Gasteiger partial charge in [0.1, 0.15) is 29.7 Å². The van der Waals surface area contributed by atoms with E-state index in [1.807, 2.05) is 6.07 Å². The highest BCUT2D eigenvalue weighted by atomic mass is 19.4. The topological polar surface area (TPSA) is 77.2 Å². The smallest absolute Gasteiger partial charge is 0.384 e. The number of carbonyl (C=O) groups is 1. The van der Waals surface area contributed by atoms with E-state index in [9.17, 15) is 26.7 Å². The lowest BCUT2D eigenvalue weighted by atomic mass is 9.83. The van der Waals surface area contributed by atoms with Crippen molar-refractivity contribution in [2.75, 3.05) is 5.73 Å². The molecule has 2 bridgehead atoms. The van der Waals surface area contributed by atoms with Crippen LogP contribution in [0.25, 0.3) is 11.1 Å². The van der Waals surface area contributed by atoms with E-state index in [2.05, 4.69) is 10.3 Å². The monoisotopic (exact) mass is 537 g/mol. The van der Waals surface area contributed by atoms with Crippen molar-refractivity contribution >= 4 is 11.7 Å². The number of aromatic nitrogens is 1. The Kier molecular flexibility index (Phi) is 5.69. The third-order valence-corrected chi connectivity index (χ3v) is 7.16. The molecule has 2 aliphatic rings. The van der Waals surface area contributed by atoms with Crippen LogP contribution in [0.2, 0.25) is 0 Å². The predicted octanol–water partition coefficient (Wildman–Crippen LogP) is 6.39. The molecular formula is C29H20F5N3O2. The minimum absolute atomic E-state index is 0.0762. The molecule has 2 unspecified atom stereocenters. The molecule has 0 saturated carbocycles. The first kappa shape index (κ1) is 25.0. The molecule has 3 aromatic carbocycles. The van der Waals surface area contributed by atoms with Gasteiger partial charge in [-0.3, -0.25) is 4.79 Å². The number of nitrogen functional groups attached to an aromatic ring is 1. The lowest BCUT2D eigenvalue weighted by Gasteiger charge is -2.18. The number of benzene rings is 3. The summed E-state index contributed by atoms with van der Waals surface area (Å²) in [5.41, 5.74) is 8.88. The van der Waals surface area contributed by atoms with Gasteiger partial charge in [-0.05, 0) is 71.1 Å². The molecule has 10 heteroatoms. The normalized spacial score (nSPS) is 17.2. The van der Waals surface area contributed by atoms with Crippen LogP contribution >= 0.6 is 0 Å². The molecule has 2 atom stereocenters. The van der Waals surface area contributed by atoms with Gasteiger partial charge in [-0.15, -0.1) is 0 Å². The minimum atomic E-state index is -4.66. The summed E-state index contributed by atoms with van der Waals surface area (Å²) < 4.78 is 74.6. The minimum Gasteiger partial charge on any atom is -0.384 e.